The number of aliphatic hydroxyl groups is 1. The van der Waals surface area contributed by atoms with Crippen molar-refractivity contribution in [3.63, 3.8) is 0 Å². The Morgan fingerprint density at radius 1 is 1.00 bits per heavy atom. The van der Waals surface area contributed by atoms with Gasteiger partial charge < -0.3 is 45.2 Å². The Labute approximate surface area is 317 Å². The first kappa shape index (κ1) is 44.1. The number of amides is 5. The fraction of sp³-hybridized carbons (Fsp3) is 0.750. The molecule has 10 atom stereocenters. The van der Waals surface area contributed by atoms with Crippen molar-refractivity contribution in [2.75, 3.05) is 47.5 Å². The maximum absolute atomic E-state index is 14.3. The van der Waals surface area contributed by atoms with E-state index >= 15 is 0 Å². The van der Waals surface area contributed by atoms with Crippen LogP contribution in [0, 0.1) is 17.8 Å². The molecule has 2 saturated heterocycles. The standard InChI is InChI=1S/C40H68N6O7/c1-11-26(4)36(44(8)39(50)35(25(2)3)43-40(51)46-27(5)22-41-23-28(46)6)33(52-9)21-34(48)45-19-15-18-32(45)37(53-10)29(7)38(49)42-31(24-47)20-30-16-13-12-14-17-30/h12-14,16-17,25-29,31-33,35-37,41,47H,11,15,18-24H2,1-10H3,(H,42,49)(H,43,51)/t26-,27-,28+,29+,31?,32?,33+,35?,36-,37+/m0/s1. The zero-order valence-electron chi connectivity index (χ0n) is 33.8. The summed E-state index contributed by atoms with van der Waals surface area (Å²) in [4.78, 5) is 60.8. The lowest BCUT2D eigenvalue weighted by Gasteiger charge is -2.42. The molecule has 3 unspecified atom stereocenters. The van der Waals surface area contributed by atoms with Crippen LogP contribution in [0.3, 0.4) is 0 Å². The van der Waals surface area contributed by atoms with Crippen LogP contribution in [-0.4, -0.2) is 140 Å². The molecule has 5 amide bonds. The number of piperazine rings is 1. The van der Waals surface area contributed by atoms with Crippen molar-refractivity contribution in [2.24, 2.45) is 17.8 Å². The van der Waals surface area contributed by atoms with E-state index < -0.39 is 36.3 Å². The normalized spacial score (nSPS) is 23.1. The molecule has 4 N–H and O–H groups in total. The van der Waals surface area contributed by atoms with E-state index in [4.69, 9.17) is 9.47 Å². The summed E-state index contributed by atoms with van der Waals surface area (Å²) in [7, 11) is 4.87. The largest absolute Gasteiger partial charge is 0.394 e. The summed E-state index contributed by atoms with van der Waals surface area (Å²) in [5.74, 6) is -1.38. The fourth-order valence-electron chi connectivity index (χ4n) is 8.17. The van der Waals surface area contributed by atoms with Gasteiger partial charge in [0.1, 0.15) is 6.04 Å². The number of ether oxygens (including phenoxy) is 2. The lowest BCUT2D eigenvalue weighted by atomic mass is 9.89. The van der Waals surface area contributed by atoms with E-state index in [0.717, 1.165) is 18.4 Å². The lowest BCUT2D eigenvalue weighted by molar-refractivity contribution is -0.147. The lowest BCUT2D eigenvalue weighted by Crippen LogP contribution is -2.63. The monoisotopic (exact) mass is 745 g/mol. The number of likely N-dealkylation sites (tertiary alicyclic amines) is 1. The van der Waals surface area contributed by atoms with Gasteiger partial charge in [0.05, 0.1) is 49.3 Å². The highest BCUT2D eigenvalue weighted by molar-refractivity contribution is 5.88. The molecule has 300 valence electrons. The summed E-state index contributed by atoms with van der Waals surface area (Å²) in [6.45, 7) is 15.4. The third-order valence-corrected chi connectivity index (χ3v) is 11.4. The molecular weight excluding hydrogens is 676 g/mol. The number of nitrogens with one attached hydrogen (secondary N) is 3. The predicted octanol–water partition coefficient (Wildman–Crippen LogP) is 3.04. The number of urea groups is 1. The van der Waals surface area contributed by atoms with Crippen LogP contribution >= 0.6 is 0 Å². The molecule has 1 aromatic rings. The Hall–Kier alpha value is -3.26. The SMILES string of the molecule is CC[C@H](C)[C@@H]([C@@H](CC(=O)N1CCCC1[C@H](OC)[C@@H](C)C(=O)NC(CO)Cc1ccccc1)OC)N(C)C(=O)C(NC(=O)N1[C@H](C)CNC[C@@H]1C)C(C)C. The van der Waals surface area contributed by atoms with Crippen LogP contribution in [-0.2, 0) is 30.3 Å². The van der Waals surface area contributed by atoms with Crippen molar-refractivity contribution < 1.29 is 33.8 Å². The Morgan fingerprint density at radius 2 is 1.64 bits per heavy atom. The zero-order chi connectivity index (χ0) is 39.4. The number of hydrogen-bond donors (Lipinski definition) is 4. The van der Waals surface area contributed by atoms with Crippen molar-refractivity contribution in [3.05, 3.63) is 35.9 Å². The van der Waals surface area contributed by atoms with Gasteiger partial charge in [-0.3, -0.25) is 14.4 Å². The molecular formula is C40H68N6O7. The van der Waals surface area contributed by atoms with E-state index in [1.165, 1.54) is 0 Å². The highest BCUT2D eigenvalue weighted by Crippen LogP contribution is 2.30. The second-order valence-corrected chi connectivity index (χ2v) is 15.6. The van der Waals surface area contributed by atoms with Gasteiger partial charge in [-0.25, -0.2) is 4.79 Å². The smallest absolute Gasteiger partial charge is 0.318 e. The average molecular weight is 745 g/mol. The number of methoxy groups -OCH3 is 2. The third kappa shape index (κ3) is 11.4. The summed E-state index contributed by atoms with van der Waals surface area (Å²) in [5, 5.41) is 19.4. The molecule has 0 radical (unpaired) electrons. The van der Waals surface area contributed by atoms with Gasteiger partial charge in [0.15, 0.2) is 0 Å². The molecule has 0 aromatic heterocycles. The minimum absolute atomic E-state index is 0.0152. The van der Waals surface area contributed by atoms with Crippen LogP contribution < -0.4 is 16.0 Å². The first-order valence-electron chi connectivity index (χ1n) is 19.6. The van der Waals surface area contributed by atoms with Crippen LogP contribution in [0.5, 0.6) is 0 Å². The number of hydrogen-bond acceptors (Lipinski definition) is 8. The summed E-state index contributed by atoms with van der Waals surface area (Å²) in [5.41, 5.74) is 1.01. The van der Waals surface area contributed by atoms with E-state index in [1.807, 2.05) is 69.9 Å². The van der Waals surface area contributed by atoms with Gasteiger partial charge in [0.2, 0.25) is 17.7 Å². The quantitative estimate of drug-likeness (QED) is 0.179. The molecule has 13 nitrogen and oxygen atoms in total. The number of carbonyl (C=O) groups is 4. The maximum Gasteiger partial charge on any atom is 0.318 e. The molecule has 2 aliphatic heterocycles. The molecule has 13 heteroatoms. The Kier molecular flexibility index (Phi) is 17.5. The number of nitrogens with zero attached hydrogens (tertiary/aromatic N) is 3. The van der Waals surface area contributed by atoms with E-state index in [0.29, 0.717) is 32.5 Å². The number of likely N-dealkylation sites (N-methyl/N-ethyl adjacent to an activating group) is 1. The first-order valence-corrected chi connectivity index (χ1v) is 19.6. The topological polar surface area (TPSA) is 153 Å². The van der Waals surface area contributed by atoms with Crippen LogP contribution in [0.4, 0.5) is 4.79 Å². The number of rotatable bonds is 18. The van der Waals surface area contributed by atoms with Crippen molar-refractivity contribution in [1.29, 1.82) is 0 Å². The van der Waals surface area contributed by atoms with Crippen molar-refractivity contribution >= 4 is 23.8 Å². The fourth-order valence-corrected chi connectivity index (χ4v) is 8.17. The molecule has 3 rings (SSSR count). The Bertz CT molecular complexity index is 1310. The molecule has 0 spiro atoms. The molecule has 2 fully saturated rings. The third-order valence-electron chi connectivity index (χ3n) is 11.4. The van der Waals surface area contributed by atoms with Crippen LogP contribution in [0.15, 0.2) is 30.3 Å². The molecule has 0 bridgehead atoms. The van der Waals surface area contributed by atoms with Crippen molar-refractivity contribution in [3.8, 4) is 0 Å². The van der Waals surface area contributed by atoms with E-state index in [1.54, 1.807) is 38.0 Å². The summed E-state index contributed by atoms with van der Waals surface area (Å²) >= 11 is 0. The summed E-state index contributed by atoms with van der Waals surface area (Å²) < 4.78 is 12.0. The molecule has 2 aliphatic rings. The molecule has 2 heterocycles. The van der Waals surface area contributed by atoms with E-state index in [9.17, 15) is 24.3 Å². The number of aliphatic hydroxyl groups excluding tert-OH is 1. The van der Waals surface area contributed by atoms with Gasteiger partial charge >= 0.3 is 6.03 Å². The second kappa shape index (κ2) is 21.0. The average Bonchev–Trinajstić information content (AvgIpc) is 3.62. The molecule has 0 saturated carbocycles. The minimum Gasteiger partial charge on any atom is -0.394 e. The summed E-state index contributed by atoms with van der Waals surface area (Å²) in [6.07, 6.45) is 1.54. The van der Waals surface area contributed by atoms with E-state index in [-0.39, 0.29) is 66.7 Å². The molecule has 0 aliphatic carbocycles. The van der Waals surface area contributed by atoms with Crippen molar-refractivity contribution in [1.82, 2.24) is 30.7 Å². The van der Waals surface area contributed by atoms with Gasteiger partial charge in [-0.15, -0.1) is 0 Å². The molecule has 1 aromatic carbocycles. The highest BCUT2D eigenvalue weighted by Gasteiger charge is 2.43. The highest BCUT2D eigenvalue weighted by atomic mass is 16.5. The van der Waals surface area contributed by atoms with E-state index in [2.05, 4.69) is 22.9 Å². The Balaban J connectivity index is 1.75. The number of benzene rings is 1. The van der Waals surface area contributed by atoms with Crippen LogP contribution in [0.1, 0.15) is 79.7 Å². The van der Waals surface area contributed by atoms with Crippen molar-refractivity contribution in [2.45, 2.75) is 129 Å². The predicted molar refractivity (Wildman–Crippen MR) is 206 cm³/mol. The zero-order valence-corrected chi connectivity index (χ0v) is 33.8. The van der Waals surface area contributed by atoms with Crippen LogP contribution in [0.2, 0.25) is 0 Å². The van der Waals surface area contributed by atoms with Gasteiger partial charge in [-0.05, 0) is 50.5 Å². The van der Waals surface area contributed by atoms with Gasteiger partial charge in [0, 0.05) is 53.0 Å². The molecule has 53 heavy (non-hydrogen) atoms. The maximum atomic E-state index is 14.3. The van der Waals surface area contributed by atoms with Gasteiger partial charge in [-0.1, -0.05) is 71.4 Å². The first-order chi connectivity index (χ1) is 25.2. The summed E-state index contributed by atoms with van der Waals surface area (Å²) in [6, 6.07) is 7.40. The number of carbonyl (C=O) groups excluding carboxylic acids is 4. The minimum atomic E-state index is -0.766. The Morgan fingerprint density at radius 3 is 2.19 bits per heavy atom. The van der Waals surface area contributed by atoms with Gasteiger partial charge in [-0.2, -0.15) is 0 Å². The second-order valence-electron chi connectivity index (χ2n) is 15.6. The van der Waals surface area contributed by atoms with Crippen LogP contribution in [0.25, 0.3) is 0 Å². The van der Waals surface area contributed by atoms with Gasteiger partial charge in [0.25, 0.3) is 0 Å².